The molecule has 0 aromatic heterocycles. The first kappa shape index (κ1) is 26.8. The molecule has 2 rings (SSSR count). The Hall–Kier alpha value is -4.48. The van der Waals surface area contributed by atoms with Gasteiger partial charge in [-0.1, -0.05) is 42.5 Å². The van der Waals surface area contributed by atoms with Crippen LogP contribution in [0.1, 0.15) is 23.5 Å². The molecule has 0 aliphatic heterocycles. The predicted molar refractivity (Wildman–Crippen MR) is 121 cm³/mol. The Kier molecular flexibility index (Phi) is 10.2. The summed E-state index contributed by atoms with van der Waals surface area (Å²) in [4.78, 5) is 59.3. The Morgan fingerprint density at radius 3 is 2.20 bits per heavy atom. The number of carbonyl (C=O) groups is 4. The summed E-state index contributed by atoms with van der Waals surface area (Å²) in [7, 11) is 2.26. The monoisotopic (exact) mass is 487 g/mol. The molecule has 2 N–H and O–H groups in total. The Labute approximate surface area is 200 Å². The minimum absolute atomic E-state index is 0.000422. The highest BCUT2D eigenvalue weighted by Crippen LogP contribution is 2.27. The van der Waals surface area contributed by atoms with Crippen molar-refractivity contribution in [3.8, 4) is 0 Å². The molecule has 0 fully saturated rings. The number of amides is 2. The topological polar surface area (TPSA) is 163 Å². The quantitative estimate of drug-likeness (QED) is 0.208. The van der Waals surface area contributed by atoms with E-state index in [1.54, 1.807) is 24.3 Å². The van der Waals surface area contributed by atoms with E-state index >= 15 is 0 Å². The largest absolute Gasteiger partial charge is 0.469 e. The van der Waals surface area contributed by atoms with Crippen molar-refractivity contribution < 1.29 is 38.3 Å². The van der Waals surface area contributed by atoms with Crippen LogP contribution in [0.4, 0.5) is 10.5 Å². The lowest BCUT2D eigenvalue weighted by atomic mass is 9.88. The lowest BCUT2D eigenvalue weighted by molar-refractivity contribution is -0.384. The molecular formula is C23H25N3O9. The molecule has 2 amide bonds. The molecule has 0 saturated heterocycles. The zero-order chi connectivity index (χ0) is 25.8. The van der Waals surface area contributed by atoms with E-state index in [-0.39, 0.29) is 18.7 Å². The number of methoxy groups -OCH3 is 2. The van der Waals surface area contributed by atoms with Crippen LogP contribution in [0, 0.1) is 10.1 Å². The molecule has 186 valence electrons. The number of alkyl carbamates (subject to hydrolysis) is 1. The van der Waals surface area contributed by atoms with Crippen molar-refractivity contribution in [3.05, 3.63) is 75.8 Å². The van der Waals surface area contributed by atoms with E-state index in [2.05, 4.69) is 15.4 Å². The highest BCUT2D eigenvalue weighted by molar-refractivity contribution is 5.88. The van der Waals surface area contributed by atoms with Gasteiger partial charge in [0.25, 0.3) is 5.69 Å². The number of rotatable bonds is 11. The van der Waals surface area contributed by atoms with Gasteiger partial charge in [0.05, 0.1) is 25.6 Å². The second kappa shape index (κ2) is 13.3. The van der Waals surface area contributed by atoms with E-state index in [1.165, 1.54) is 24.3 Å². The molecule has 0 spiro atoms. The fourth-order valence-electron chi connectivity index (χ4n) is 3.14. The maximum Gasteiger partial charge on any atom is 0.407 e. The molecule has 0 saturated carbocycles. The van der Waals surface area contributed by atoms with Crippen molar-refractivity contribution in [1.82, 2.24) is 10.6 Å². The van der Waals surface area contributed by atoms with E-state index in [0.29, 0.717) is 5.56 Å². The van der Waals surface area contributed by atoms with Crippen molar-refractivity contribution in [2.24, 2.45) is 0 Å². The van der Waals surface area contributed by atoms with Crippen LogP contribution in [-0.2, 0) is 35.2 Å². The lowest BCUT2D eigenvalue weighted by Crippen LogP contribution is -2.49. The van der Waals surface area contributed by atoms with Crippen LogP contribution in [-0.4, -0.2) is 55.7 Å². The zero-order valence-electron chi connectivity index (χ0n) is 19.1. The molecule has 0 heterocycles. The van der Waals surface area contributed by atoms with Gasteiger partial charge in [-0.2, -0.15) is 0 Å². The van der Waals surface area contributed by atoms with E-state index in [1.807, 2.05) is 6.07 Å². The van der Waals surface area contributed by atoms with E-state index in [9.17, 15) is 29.3 Å². The van der Waals surface area contributed by atoms with Gasteiger partial charge in [0.15, 0.2) is 0 Å². The van der Waals surface area contributed by atoms with Crippen molar-refractivity contribution in [1.29, 1.82) is 0 Å². The Bertz CT molecular complexity index is 1040. The van der Waals surface area contributed by atoms with Crippen molar-refractivity contribution in [3.63, 3.8) is 0 Å². The minimum atomic E-state index is -1.35. The van der Waals surface area contributed by atoms with Crippen LogP contribution in [0.5, 0.6) is 0 Å². The first-order valence-electron chi connectivity index (χ1n) is 10.4. The van der Waals surface area contributed by atoms with Crippen LogP contribution >= 0.6 is 0 Å². The summed E-state index contributed by atoms with van der Waals surface area (Å²) in [5, 5.41) is 15.7. The first-order chi connectivity index (χ1) is 16.7. The van der Waals surface area contributed by atoms with Crippen LogP contribution in [0.3, 0.4) is 0 Å². The van der Waals surface area contributed by atoms with Crippen molar-refractivity contribution in [2.75, 3.05) is 20.8 Å². The third kappa shape index (κ3) is 8.42. The molecule has 0 radical (unpaired) electrons. The summed E-state index contributed by atoms with van der Waals surface area (Å²) in [5.41, 5.74) is 0.918. The van der Waals surface area contributed by atoms with Gasteiger partial charge in [-0.25, -0.2) is 9.59 Å². The molecule has 12 heteroatoms. The summed E-state index contributed by atoms with van der Waals surface area (Å²) < 4.78 is 14.5. The fourth-order valence-corrected chi connectivity index (χ4v) is 3.14. The number of nitrogens with one attached hydrogen (secondary N) is 2. The number of esters is 2. The molecule has 0 bridgehead atoms. The number of non-ortho nitro benzene ring substituents is 1. The number of hydrogen-bond donors (Lipinski definition) is 2. The molecule has 2 aromatic carbocycles. The van der Waals surface area contributed by atoms with Gasteiger partial charge in [-0.3, -0.25) is 19.7 Å². The second-order valence-electron chi connectivity index (χ2n) is 7.22. The van der Waals surface area contributed by atoms with Crippen LogP contribution in [0.15, 0.2) is 54.6 Å². The predicted octanol–water partition coefficient (Wildman–Crippen LogP) is 1.83. The van der Waals surface area contributed by atoms with Crippen LogP contribution in [0.2, 0.25) is 0 Å². The summed E-state index contributed by atoms with van der Waals surface area (Å²) in [6.45, 7) is -0.521. The summed E-state index contributed by atoms with van der Waals surface area (Å²) in [6, 6.07) is 12.7. The maximum absolute atomic E-state index is 12.5. The summed E-state index contributed by atoms with van der Waals surface area (Å²) in [6.07, 6.45) is -1.18. The Morgan fingerprint density at radius 2 is 1.63 bits per heavy atom. The Balaban J connectivity index is 2.09. The number of nitrogens with zero attached hydrogens (tertiary/aromatic N) is 1. The fraction of sp³-hybridized carbons (Fsp3) is 0.304. The number of benzene rings is 2. The second-order valence-corrected chi connectivity index (χ2v) is 7.22. The van der Waals surface area contributed by atoms with Gasteiger partial charge in [-0.15, -0.1) is 0 Å². The minimum Gasteiger partial charge on any atom is -0.469 e. The number of carbonyl (C=O) groups excluding carboxylic acids is 4. The van der Waals surface area contributed by atoms with Gasteiger partial charge in [-0.05, 0) is 11.1 Å². The van der Waals surface area contributed by atoms with E-state index in [4.69, 9.17) is 9.47 Å². The normalized spacial score (nSPS) is 11.9. The SMILES string of the molecule is COC(=O)C[C@@H](c1ccc([N+](=O)[O-])cc1)[C@@H](NC(=O)CNC(=O)OCc1ccccc1)C(=O)OC. The highest BCUT2D eigenvalue weighted by Gasteiger charge is 2.34. The van der Waals surface area contributed by atoms with E-state index < -0.39 is 47.4 Å². The van der Waals surface area contributed by atoms with Gasteiger partial charge >= 0.3 is 18.0 Å². The number of hydrogen-bond acceptors (Lipinski definition) is 9. The van der Waals surface area contributed by atoms with Crippen LogP contribution < -0.4 is 10.6 Å². The third-order valence-corrected chi connectivity index (χ3v) is 4.93. The molecule has 0 aliphatic rings. The maximum atomic E-state index is 12.5. The number of nitro benzene ring substituents is 1. The number of nitro groups is 1. The average molecular weight is 487 g/mol. The first-order valence-corrected chi connectivity index (χ1v) is 10.4. The lowest BCUT2D eigenvalue weighted by Gasteiger charge is -2.26. The van der Waals surface area contributed by atoms with Gasteiger partial charge in [0.2, 0.25) is 5.91 Å². The van der Waals surface area contributed by atoms with Crippen LogP contribution in [0.25, 0.3) is 0 Å². The van der Waals surface area contributed by atoms with Crippen molar-refractivity contribution in [2.45, 2.75) is 25.0 Å². The Morgan fingerprint density at radius 1 is 0.971 bits per heavy atom. The molecule has 12 nitrogen and oxygen atoms in total. The zero-order valence-corrected chi connectivity index (χ0v) is 19.1. The smallest absolute Gasteiger partial charge is 0.407 e. The molecule has 0 unspecified atom stereocenters. The average Bonchev–Trinajstić information content (AvgIpc) is 2.88. The molecule has 2 aromatic rings. The summed E-state index contributed by atoms with van der Waals surface area (Å²) >= 11 is 0. The standard InChI is InChI=1S/C23H25N3O9/c1-33-20(28)12-18(16-8-10-17(11-9-16)26(31)32)21(22(29)34-2)25-19(27)13-24-23(30)35-14-15-6-4-3-5-7-15/h3-11,18,21H,12-14H2,1-2H3,(H,24,30)(H,25,27)/t18-,21+/m0/s1. The van der Waals surface area contributed by atoms with Gasteiger partial charge in [0.1, 0.15) is 19.2 Å². The van der Waals surface area contributed by atoms with Crippen molar-refractivity contribution >= 4 is 29.6 Å². The summed E-state index contributed by atoms with van der Waals surface area (Å²) in [5.74, 6) is -3.27. The molecule has 35 heavy (non-hydrogen) atoms. The molecular weight excluding hydrogens is 462 g/mol. The molecule has 2 atom stereocenters. The third-order valence-electron chi connectivity index (χ3n) is 4.93. The van der Waals surface area contributed by atoms with Gasteiger partial charge < -0.3 is 24.8 Å². The number of ether oxygens (including phenoxy) is 3. The molecule has 0 aliphatic carbocycles. The highest BCUT2D eigenvalue weighted by atomic mass is 16.6. The van der Waals surface area contributed by atoms with Gasteiger partial charge in [0, 0.05) is 18.1 Å². The van der Waals surface area contributed by atoms with E-state index in [0.717, 1.165) is 19.8 Å².